The van der Waals surface area contributed by atoms with Crippen LogP contribution in [-0.2, 0) is 4.79 Å². The average Bonchev–Trinajstić information content (AvgIpc) is 2.85. The van der Waals surface area contributed by atoms with Gasteiger partial charge in [-0.25, -0.2) is 0 Å². The maximum absolute atomic E-state index is 12.5. The largest absolute Gasteiger partial charge is 0.359 e. The van der Waals surface area contributed by atoms with Crippen LogP contribution in [0.4, 0.5) is 0 Å². The van der Waals surface area contributed by atoms with Gasteiger partial charge in [0.25, 0.3) is 5.91 Å². The van der Waals surface area contributed by atoms with Crippen molar-refractivity contribution in [1.29, 1.82) is 0 Å². The van der Waals surface area contributed by atoms with Gasteiger partial charge in [-0.2, -0.15) is 0 Å². The minimum Gasteiger partial charge on any atom is -0.359 e. The van der Waals surface area contributed by atoms with E-state index in [4.69, 9.17) is 0 Å². The Kier molecular flexibility index (Phi) is 3.18. The smallest absolute Gasteiger partial charge is 0.253 e. The number of fused-ring (bicyclic) bond motifs is 1. The molecule has 0 unspecified atom stereocenters. The van der Waals surface area contributed by atoms with Crippen molar-refractivity contribution < 1.29 is 9.59 Å². The quantitative estimate of drug-likeness (QED) is 0.839. The fourth-order valence-corrected chi connectivity index (χ4v) is 2.62. The van der Waals surface area contributed by atoms with Gasteiger partial charge in [0, 0.05) is 48.3 Å². The number of aryl methyl sites for hydroxylation is 1. The lowest BCUT2D eigenvalue weighted by Crippen LogP contribution is -2.48. The maximum atomic E-state index is 12.5. The highest BCUT2D eigenvalue weighted by Crippen LogP contribution is 2.18. The minimum atomic E-state index is 0.0382. The molecule has 0 spiro atoms. The molecule has 0 atom stereocenters. The molecule has 0 radical (unpaired) electrons. The number of amides is 2. The number of carbonyl (C=O) groups is 2. The number of benzene rings is 1. The van der Waals surface area contributed by atoms with Crippen molar-refractivity contribution in [1.82, 2.24) is 14.8 Å². The highest BCUT2D eigenvalue weighted by atomic mass is 16.2. The summed E-state index contributed by atoms with van der Waals surface area (Å²) in [5, 5.41) is 1.06. The lowest BCUT2D eigenvalue weighted by molar-refractivity contribution is -0.119. The molecule has 1 fully saturated rings. The number of H-pyrrole nitrogens is 1. The third-order valence-corrected chi connectivity index (χ3v) is 3.75. The number of piperazine rings is 1. The van der Waals surface area contributed by atoms with Crippen LogP contribution in [-0.4, -0.2) is 53.3 Å². The van der Waals surface area contributed by atoms with Crippen LogP contribution in [0.1, 0.15) is 16.1 Å². The van der Waals surface area contributed by atoms with E-state index in [1.807, 2.05) is 31.2 Å². The van der Waals surface area contributed by atoms with E-state index < -0.39 is 0 Å². The molecule has 0 aliphatic carbocycles. The Morgan fingerprint density at radius 1 is 1.20 bits per heavy atom. The molecule has 1 aliphatic heterocycles. The second-order valence-electron chi connectivity index (χ2n) is 5.19. The van der Waals surface area contributed by atoms with Gasteiger partial charge in [-0.1, -0.05) is 0 Å². The zero-order valence-corrected chi connectivity index (χ0v) is 11.4. The van der Waals surface area contributed by atoms with Gasteiger partial charge in [-0.15, -0.1) is 0 Å². The number of hydrogen-bond acceptors (Lipinski definition) is 2. The highest BCUT2D eigenvalue weighted by Gasteiger charge is 2.21. The number of nitrogens with one attached hydrogen (secondary N) is 1. The minimum absolute atomic E-state index is 0.0382. The molecule has 2 heterocycles. The summed E-state index contributed by atoms with van der Waals surface area (Å²) in [5.41, 5.74) is 2.84. The molecule has 1 aromatic heterocycles. The van der Waals surface area contributed by atoms with Gasteiger partial charge in [-0.3, -0.25) is 9.59 Å². The molecule has 1 N–H and O–H groups in total. The molecule has 20 heavy (non-hydrogen) atoms. The Morgan fingerprint density at radius 2 is 1.95 bits per heavy atom. The SMILES string of the molecule is Cc1cc2cc(C(=O)N3CCN(C=O)CC3)ccc2[nH]1. The molecule has 2 aromatic rings. The van der Waals surface area contributed by atoms with Crippen LogP contribution in [0.2, 0.25) is 0 Å². The predicted octanol–water partition coefficient (Wildman–Crippen LogP) is 1.39. The van der Waals surface area contributed by atoms with Gasteiger partial charge in [-0.05, 0) is 31.2 Å². The number of aromatic amines is 1. The number of hydrogen-bond donors (Lipinski definition) is 1. The molecule has 1 aliphatic rings. The predicted molar refractivity (Wildman–Crippen MR) is 76.6 cm³/mol. The van der Waals surface area contributed by atoms with Crippen molar-refractivity contribution in [2.75, 3.05) is 26.2 Å². The molecule has 104 valence electrons. The van der Waals surface area contributed by atoms with Crippen molar-refractivity contribution in [3.8, 4) is 0 Å². The van der Waals surface area contributed by atoms with Gasteiger partial charge >= 0.3 is 0 Å². The summed E-state index contributed by atoms with van der Waals surface area (Å²) in [6.45, 7) is 4.42. The third-order valence-electron chi connectivity index (χ3n) is 3.75. The first-order valence-electron chi connectivity index (χ1n) is 6.75. The Bertz CT molecular complexity index is 654. The first-order valence-corrected chi connectivity index (χ1v) is 6.75. The Morgan fingerprint density at radius 3 is 2.65 bits per heavy atom. The standard InChI is InChI=1S/C15H17N3O2/c1-11-8-13-9-12(2-3-14(13)16-11)15(20)18-6-4-17(10-19)5-7-18/h2-3,8-10,16H,4-7H2,1H3. The van der Waals surface area contributed by atoms with Crippen LogP contribution in [0.15, 0.2) is 24.3 Å². The summed E-state index contributed by atoms with van der Waals surface area (Å²) >= 11 is 0. The van der Waals surface area contributed by atoms with Crippen LogP contribution >= 0.6 is 0 Å². The van der Waals surface area contributed by atoms with Crippen molar-refractivity contribution in [2.24, 2.45) is 0 Å². The lowest BCUT2D eigenvalue weighted by atomic mass is 10.1. The molecule has 1 aromatic carbocycles. The lowest BCUT2D eigenvalue weighted by Gasteiger charge is -2.32. The van der Waals surface area contributed by atoms with Crippen molar-refractivity contribution in [2.45, 2.75) is 6.92 Å². The summed E-state index contributed by atoms with van der Waals surface area (Å²) in [5.74, 6) is 0.0382. The molecule has 5 nitrogen and oxygen atoms in total. The van der Waals surface area contributed by atoms with E-state index in [9.17, 15) is 9.59 Å². The normalized spacial score (nSPS) is 15.7. The van der Waals surface area contributed by atoms with E-state index in [1.54, 1.807) is 9.80 Å². The van der Waals surface area contributed by atoms with Gasteiger partial charge in [0.05, 0.1) is 0 Å². The Balaban J connectivity index is 1.80. The van der Waals surface area contributed by atoms with E-state index in [-0.39, 0.29) is 5.91 Å². The van der Waals surface area contributed by atoms with Crippen molar-refractivity contribution >= 4 is 23.2 Å². The van der Waals surface area contributed by atoms with E-state index in [2.05, 4.69) is 4.98 Å². The van der Waals surface area contributed by atoms with E-state index in [0.29, 0.717) is 31.7 Å². The number of rotatable bonds is 2. The number of nitrogens with zero attached hydrogens (tertiary/aromatic N) is 2. The summed E-state index contributed by atoms with van der Waals surface area (Å²) < 4.78 is 0. The second kappa shape index (κ2) is 5.00. The Labute approximate surface area is 117 Å². The summed E-state index contributed by atoms with van der Waals surface area (Å²) in [7, 11) is 0. The topological polar surface area (TPSA) is 56.4 Å². The second-order valence-corrected chi connectivity index (χ2v) is 5.19. The third kappa shape index (κ3) is 2.27. The van der Waals surface area contributed by atoms with Crippen molar-refractivity contribution in [3.63, 3.8) is 0 Å². The van der Waals surface area contributed by atoms with Crippen LogP contribution in [0, 0.1) is 6.92 Å². The summed E-state index contributed by atoms with van der Waals surface area (Å²) in [6, 6.07) is 7.76. The van der Waals surface area contributed by atoms with E-state index in [0.717, 1.165) is 23.0 Å². The van der Waals surface area contributed by atoms with Gasteiger partial charge in [0.15, 0.2) is 0 Å². The fraction of sp³-hybridized carbons (Fsp3) is 0.333. The molecule has 5 heteroatoms. The highest BCUT2D eigenvalue weighted by molar-refractivity contribution is 5.98. The average molecular weight is 271 g/mol. The molecular formula is C15H17N3O2. The zero-order valence-electron chi connectivity index (χ0n) is 11.4. The van der Waals surface area contributed by atoms with Crippen LogP contribution in [0.5, 0.6) is 0 Å². The zero-order chi connectivity index (χ0) is 14.1. The number of carbonyl (C=O) groups excluding carboxylic acids is 2. The number of aromatic nitrogens is 1. The monoisotopic (exact) mass is 271 g/mol. The fourth-order valence-electron chi connectivity index (χ4n) is 2.62. The Hall–Kier alpha value is -2.30. The first kappa shape index (κ1) is 12.7. The molecule has 1 saturated heterocycles. The van der Waals surface area contributed by atoms with Gasteiger partial charge in [0.1, 0.15) is 0 Å². The van der Waals surface area contributed by atoms with E-state index in [1.165, 1.54) is 0 Å². The van der Waals surface area contributed by atoms with Crippen LogP contribution in [0.3, 0.4) is 0 Å². The molecule has 0 bridgehead atoms. The summed E-state index contributed by atoms with van der Waals surface area (Å²) in [4.78, 5) is 29.9. The summed E-state index contributed by atoms with van der Waals surface area (Å²) in [6.07, 6.45) is 0.844. The van der Waals surface area contributed by atoms with E-state index >= 15 is 0 Å². The van der Waals surface area contributed by atoms with Crippen LogP contribution < -0.4 is 0 Å². The molecule has 0 saturated carbocycles. The van der Waals surface area contributed by atoms with Crippen LogP contribution in [0.25, 0.3) is 10.9 Å². The first-order chi connectivity index (χ1) is 9.67. The van der Waals surface area contributed by atoms with Gasteiger partial charge in [0.2, 0.25) is 6.41 Å². The maximum Gasteiger partial charge on any atom is 0.253 e. The molecule has 2 amide bonds. The molecular weight excluding hydrogens is 254 g/mol. The molecule has 3 rings (SSSR count). The van der Waals surface area contributed by atoms with Gasteiger partial charge < -0.3 is 14.8 Å². The van der Waals surface area contributed by atoms with Crippen molar-refractivity contribution in [3.05, 3.63) is 35.5 Å².